The molecule has 1 aliphatic carbocycles. The Hall–Kier alpha value is -5.87. The summed E-state index contributed by atoms with van der Waals surface area (Å²) in [4.78, 5) is 59.7. The van der Waals surface area contributed by atoms with Crippen LogP contribution >= 0.6 is 0 Å². The second kappa shape index (κ2) is 35.4. The number of carbonyl (C=O) groups is 3. The van der Waals surface area contributed by atoms with Crippen LogP contribution in [0.5, 0.6) is 5.75 Å². The first-order valence-corrected chi connectivity index (χ1v) is 30.3. The van der Waals surface area contributed by atoms with E-state index in [1.807, 2.05) is 0 Å². The molecule has 2 aliphatic heterocycles. The number of aliphatic hydroxyl groups is 1. The Kier molecular flexibility index (Phi) is 27.9. The Morgan fingerprint density at radius 2 is 1.21 bits per heavy atom. The Labute approximate surface area is 508 Å². The summed E-state index contributed by atoms with van der Waals surface area (Å²) in [5.74, 6) is -1.88. The Morgan fingerprint density at radius 3 is 1.70 bits per heavy atom. The van der Waals surface area contributed by atoms with E-state index in [0.717, 1.165) is 25.0 Å². The molecule has 2 aromatic heterocycles. The fraction of sp³-hybridized carbons (Fsp3) is 0.619. The van der Waals surface area contributed by atoms with Crippen molar-refractivity contribution >= 4 is 34.4 Å². The molecule has 7 rings (SSSR count). The van der Waals surface area contributed by atoms with E-state index >= 15 is 4.39 Å². The summed E-state index contributed by atoms with van der Waals surface area (Å²) in [5.41, 5.74) is 3.61. The van der Waals surface area contributed by atoms with Crippen molar-refractivity contribution in [3.8, 4) is 17.1 Å². The number of nitrogens with one attached hydrogen (secondary N) is 2. The predicted molar refractivity (Wildman–Crippen MR) is 318 cm³/mol. The molecular weight excluding hydrogens is 1130 g/mol. The first kappa shape index (κ1) is 68.6. The van der Waals surface area contributed by atoms with Gasteiger partial charge in [-0.25, -0.2) is 19.6 Å². The number of benzene rings is 2. The second-order valence-electron chi connectivity index (χ2n) is 21.6. The van der Waals surface area contributed by atoms with Crippen molar-refractivity contribution < 1.29 is 85.5 Å². The van der Waals surface area contributed by atoms with E-state index in [-0.39, 0.29) is 30.7 Å². The van der Waals surface area contributed by atoms with Gasteiger partial charge in [-0.15, -0.1) is 0 Å². The van der Waals surface area contributed by atoms with Crippen LogP contribution in [-0.2, 0) is 96.4 Å². The van der Waals surface area contributed by atoms with Crippen LogP contribution in [0, 0.1) is 18.2 Å². The van der Waals surface area contributed by atoms with Crippen molar-refractivity contribution in [2.45, 2.75) is 98.4 Å². The number of hydrogen-bond acceptors (Lipinski definition) is 20. The zero-order valence-electron chi connectivity index (χ0n) is 51.4. The lowest BCUT2D eigenvalue weighted by molar-refractivity contribution is -0.172. The predicted octanol–water partition coefficient (Wildman–Crippen LogP) is 5.56. The van der Waals surface area contributed by atoms with Gasteiger partial charge in [0.2, 0.25) is 5.91 Å². The maximum absolute atomic E-state index is 15.5. The smallest absolute Gasteiger partial charge is 0.343 e. The number of aromatic nitrogens is 2. The number of unbranched alkanes of at least 4 members (excludes halogenated alkanes) is 1. The van der Waals surface area contributed by atoms with E-state index in [2.05, 4.69) is 22.8 Å². The number of amides is 2. The van der Waals surface area contributed by atoms with Gasteiger partial charge in [-0.3, -0.25) is 14.4 Å². The van der Waals surface area contributed by atoms with Gasteiger partial charge in [0.15, 0.2) is 5.60 Å². The van der Waals surface area contributed by atoms with Crippen LogP contribution in [0.1, 0.15) is 105 Å². The zero-order valence-corrected chi connectivity index (χ0v) is 51.4. The Morgan fingerprint density at radius 1 is 0.713 bits per heavy atom. The van der Waals surface area contributed by atoms with Crippen molar-refractivity contribution in [1.29, 1.82) is 0 Å². The van der Waals surface area contributed by atoms with Crippen molar-refractivity contribution in [1.82, 2.24) is 20.3 Å². The number of rotatable bonds is 43. The average molecular weight is 1220 g/mol. The molecule has 2 atom stereocenters. The number of nitrogens with zero attached hydrogens (tertiary/aromatic N) is 3. The second-order valence-corrected chi connectivity index (χ2v) is 21.6. The van der Waals surface area contributed by atoms with Gasteiger partial charge >= 0.3 is 5.97 Å². The fourth-order valence-electron chi connectivity index (χ4n) is 10.0. The molecule has 4 aromatic rings. The molecule has 3 aliphatic rings. The summed E-state index contributed by atoms with van der Waals surface area (Å²) in [5, 5.41) is 19.5. The molecule has 0 fully saturated rings. The number of hydrazone groups is 1. The number of ether oxygens (including phenoxy) is 13. The standard InChI is InChI=1S/C63H88FN5O18/c1-7-9-16-75-17-18-76-19-20-77-21-22-78-23-24-79-25-26-80-27-28-81-29-30-82-31-32-83-33-34-84-35-36-85-37-38-86-46-12-10-45(11-13-46)44(4)67-68-60(72)62(5,6)59(71)66-52-15-14-47-43(3)51(64)40-53-55(47)56(52)48-41-69-54(57(48)65-53)39-50-49(58(69)70)42-87-61(73)63(50,74)8-2/h10-13,39-40,52,74H,7-9,14-38,41-42H2,1-6H3,(H,66,71)(H,68,72)/b67-44-/t52-,63-/m1/s1. The number of esters is 1. The molecular formula is C63H88FN5O18. The van der Waals surface area contributed by atoms with E-state index in [4.69, 9.17) is 66.6 Å². The maximum Gasteiger partial charge on any atom is 0.343 e. The first-order chi connectivity index (χ1) is 42.2. The topological polar surface area (TPSA) is 263 Å². The molecule has 0 unspecified atom stereocenters. The normalized spacial score (nSPS) is 16.2. The Balaban J connectivity index is 0.702. The molecule has 480 valence electrons. The van der Waals surface area contributed by atoms with E-state index in [9.17, 15) is 24.3 Å². The molecule has 23 nitrogen and oxygen atoms in total. The maximum atomic E-state index is 15.5. The number of carbonyl (C=O) groups excluding carboxylic acids is 3. The van der Waals surface area contributed by atoms with E-state index in [1.165, 1.54) is 24.5 Å². The highest BCUT2D eigenvalue weighted by Crippen LogP contribution is 2.46. The molecule has 0 spiro atoms. The van der Waals surface area contributed by atoms with Crippen LogP contribution in [0.4, 0.5) is 4.39 Å². The molecule has 3 N–H and O–H groups in total. The first-order valence-electron chi connectivity index (χ1n) is 30.3. The lowest BCUT2D eigenvalue weighted by Crippen LogP contribution is -2.48. The molecule has 0 saturated carbocycles. The van der Waals surface area contributed by atoms with E-state index < -0.39 is 46.2 Å². The highest BCUT2D eigenvalue weighted by molar-refractivity contribution is 6.06. The molecule has 2 amide bonds. The number of aryl methyl sites for hydroxylation is 1. The molecule has 24 heteroatoms. The molecule has 0 saturated heterocycles. The number of cyclic esters (lactones) is 1. The highest BCUT2D eigenvalue weighted by atomic mass is 19.1. The summed E-state index contributed by atoms with van der Waals surface area (Å²) >= 11 is 0. The van der Waals surface area contributed by atoms with Crippen LogP contribution in [0.2, 0.25) is 0 Å². The third kappa shape index (κ3) is 19.1. The minimum Gasteiger partial charge on any atom is -0.491 e. The fourth-order valence-corrected chi connectivity index (χ4v) is 10.0. The molecule has 4 heterocycles. The summed E-state index contributed by atoms with van der Waals surface area (Å²) in [6, 6.07) is 9.47. The minimum absolute atomic E-state index is 0.0279. The van der Waals surface area contributed by atoms with Crippen LogP contribution in [0.25, 0.3) is 22.3 Å². The number of halogens is 1. The van der Waals surface area contributed by atoms with Crippen LogP contribution in [0.15, 0.2) is 46.3 Å². The number of pyridine rings is 2. The van der Waals surface area contributed by atoms with Crippen LogP contribution in [-0.4, -0.2) is 190 Å². The number of hydrogen-bond donors (Lipinski definition) is 3. The molecule has 87 heavy (non-hydrogen) atoms. The van der Waals surface area contributed by atoms with Gasteiger partial charge in [-0.05, 0) is 106 Å². The van der Waals surface area contributed by atoms with E-state index in [1.54, 1.807) is 51.1 Å². The lowest BCUT2D eigenvalue weighted by atomic mass is 9.81. The van der Waals surface area contributed by atoms with Crippen molar-refractivity contribution in [2.24, 2.45) is 10.5 Å². The van der Waals surface area contributed by atoms with Crippen molar-refractivity contribution in [2.75, 3.05) is 152 Å². The van der Waals surface area contributed by atoms with Gasteiger partial charge in [-0.2, -0.15) is 5.10 Å². The summed E-state index contributed by atoms with van der Waals surface area (Å²) in [6.45, 7) is 21.1. The zero-order chi connectivity index (χ0) is 62.0. The average Bonchev–Trinajstić information content (AvgIpc) is 1.65. The van der Waals surface area contributed by atoms with E-state index in [0.29, 0.717) is 214 Å². The summed E-state index contributed by atoms with van der Waals surface area (Å²) in [6.07, 6.45) is 2.98. The molecule has 0 bridgehead atoms. The minimum atomic E-state index is -2.03. The van der Waals surface area contributed by atoms with Gasteiger partial charge in [0.05, 0.1) is 180 Å². The molecule has 2 aromatic carbocycles. The van der Waals surface area contributed by atoms with Crippen LogP contribution < -0.4 is 21.0 Å². The highest BCUT2D eigenvalue weighted by Gasteiger charge is 2.46. The third-order valence-electron chi connectivity index (χ3n) is 15.3. The van der Waals surface area contributed by atoms with Crippen LogP contribution in [0.3, 0.4) is 0 Å². The quantitative estimate of drug-likeness (QED) is 0.0142. The number of fused-ring (bicyclic) bond motifs is 5. The SMILES string of the molecule is CCCCOCCOCCOCCOCCOCCOCCOCCOCCOCCOCCOCCOc1ccc(/C(C)=N\NC(=O)C(C)(C)C(=O)N[C@@H]2CCc3c(C)c(F)cc4nc5c(c2c34)Cn2c-5cc3c(c2=O)COC(=O)[C@@]3(O)CC)cc1. The monoisotopic (exact) mass is 1220 g/mol. The van der Waals surface area contributed by atoms with Crippen molar-refractivity contribution in [3.63, 3.8) is 0 Å². The lowest BCUT2D eigenvalue weighted by Gasteiger charge is -2.32. The van der Waals surface area contributed by atoms with Gasteiger partial charge in [0.1, 0.15) is 30.2 Å². The largest absolute Gasteiger partial charge is 0.491 e. The van der Waals surface area contributed by atoms with Gasteiger partial charge in [0.25, 0.3) is 11.5 Å². The van der Waals surface area contributed by atoms with Gasteiger partial charge in [0, 0.05) is 29.2 Å². The van der Waals surface area contributed by atoms with Crippen molar-refractivity contribution in [3.05, 3.63) is 91.5 Å². The summed E-state index contributed by atoms with van der Waals surface area (Å²) in [7, 11) is 0. The van der Waals surface area contributed by atoms with Gasteiger partial charge < -0.3 is 76.6 Å². The third-order valence-corrected chi connectivity index (χ3v) is 15.3. The molecule has 0 radical (unpaired) electrons. The summed E-state index contributed by atoms with van der Waals surface area (Å²) < 4.78 is 88.8. The van der Waals surface area contributed by atoms with Gasteiger partial charge in [-0.1, -0.05) is 20.3 Å². The Bertz CT molecular complexity index is 2960.